The second-order valence-corrected chi connectivity index (χ2v) is 3.50. The molecule has 0 aromatic heterocycles. The minimum absolute atomic E-state index is 0.154. The van der Waals surface area contributed by atoms with Crippen molar-refractivity contribution >= 4 is 5.91 Å². The van der Waals surface area contributed by atoms with Crippen LogP contribution in [0.1, 0.15) is 6.42 Å². The zero-order valence-electron chi connectivity index (χ0n) is 9.13. The summed E-state index contributed by atoms with van der Waals surface area (Å²) in [6, 6.07) is 0. The molecule has 0 unspecified atom stereocenters. The number of carbonyl (C=O) groups excluding carboxylic acids is 1. The Morgan fingerprint density at radius 2 is 1.85 bits per heavy atom. The third kappa shape index (κ3) is 6.54. The van der Waals surface area contributed by atoms with Gasteiger partial charge in [-0.15, -0.1) is 0 Å². The van der Waals surface area contributed by atoms with Gasteiger partial charge >= 0.3 is 0 Å². The third-order valence-corrected chi connectivity index (χ3v) is 1.85. The molecule has 0 bridgehead atoms. The fraction of sp³-hybridized carbons (Fsp3) is 0.889. The van der Waals surface area contributed by atoms with E-state index in [1.54, 1.807) is 11.9 Å². The Morgan fingerprint density at radius 3 is 2.31 bits per heavy atom. The second kappa shape index (κ2) is 6.86. The van der Waals surface area contributed by atoms with Crippen LogP contribution in [-0.2, 0) is 4.79 Å². The number of hydrogen-bond donors (Lipinski definition) is 1. The molecular weight excluding hydrogens is 166 g/mol. The molecule has 0 radical (unpaired) electrons. The average molecular weight is 187 g/mol. The standard InChI is InChI=1S/C9H21N3O/c1-10-8-9(13)12(4)7-5-6-11(2)3/h10H,5-8H2,1-4H3. The average Bonchev–Trinajstić information content (AvgIpc) is 2.04. The van der Waals surface area contributed by atoms with Crippen LogP contribution in [0.4, 0.5) is 0 Å². The molecule has 78 valence electrons. The normalized spacial score (nSPS) is 10.5. The molecule has 0 saturated heterocycles. The molecule has 0 aliphatic heterocycles. The molecule has 0 rings (SSSR count). The molecule has 0 aromatic rings. The first-order chi connectivity index (χ1) is 6.07. The number of carbonyl (C=O) groups is 1. The van der Waals surface area contributed by atoms with Crippen molar-refractivity contribution in [2.24, 2.45) is 0 Å². The Labute approximate surface area is 80.9 Å². The molecule has 0 aliphatic rings. The van der Waals surface area contributed by atoms with Gasteiger partial charge in [0.1, 0.15) is 0 Å². The highest BCUT2D eigenvalue weighted by atomic mass is 16.2. The molecule has 0 aliphatic carbocycles. The van der Waals surface area contributed by atoms with Crippen LogP contribution in [0.25, 0.3) is 0 Å². The van der Waals surface area contributed by atoms with Crippen LogP contribution in [0.2, 0.25) is 0 Å². The van der Waals surface area contributed by atoms with Gasteiger partial charge in [0.2, 0.25) is 5.91 Å². The summed E-state index contributed by atoms with van der Waals surface area (Å²) in [7, 11) is 7.70. The van der Waals surface area contributed by atoms with E-state index in [2.05, 4.69) is 10.2 Å². The fourth-order valence-electron chi connectivity index (χ4n) is 1.03. The van der Waals surface area contributed by atoms with Crippen molar-refractivity contribution in [2.75, 3.05) is 47.8 Å². The van der Waals surface area contributed by atoms with Gasteiger partial charge in [0.25, 0.3) is 0 Å². The molecule has 0 fully saturated rings. The lowest BCUT2D eigenvalue weighted by Gasteiger charge is -2.18. The number of amides is 1. The summed E-state index contributed by atoms with van der Waals surface area (Å²) in [5.74, 6) is 0.154. The Morgan fingerprint density at radius 1 is 1.23 bits per heavy atom. The predicted molar refractivity (Wildman–Crippen MR) is 54.7 cm³/mol. The van der Waals surface area contributed by atoms with E-state index in [-0.39, 0.29) is 5.91 Å². The zero-order valence-corrected chi connectivity index (χ0v) is 9.13. The molecule has 0 heterocycles. The number of likely N-dealkylation sites (N-methyl/N-ethyl adjacent to an activating group) is 2. The summed E-state index contributed by atoms with van der Waals surface area (Å²) in [5, 5.41) is 2.85. The SMILES string of the molecule is CNCC(=O)N(C)CCCN(C)C. The topological polar surface area (TPSA) is 35.6 Å². The van der Waals surface area contributed by atoms with Crippen LogP contribution in [0.3, 0.4) is 0 Å². The fourth-order valence-corrected chi connectivity index (χ4v) is 1.03. The number of hydrogen-bond acceptors (Lipinski definition) is 3. The van der Waals surface area contributed by atoms with E-state index in [0.717, 1.165) is 19.5 Å². The molecule has 0 saturated carbocycles. The van der Waals surface area contributed by atoms with Crippen LogP contribution in [0.15, 0.2) is 0 Å². The van der Waals surface area contributed by atoms with Gasteiger partial charge in [0.05, 0.1) is 6.54 Å². The maximum absolute atomic E-state index is 11.3. The van der Waals surface area contributed by atoms with Gasteiger partial charge in [-0.3, -0.25) is 4.79 Å². The van der Waals surface area contributed by atoms with Gasteiger partial charge in [-0.25, -0.2) is 0 Å². The summed E-state index contributed by atoms with van der Waals surface area (Å²) in [4.78, 5) is 15.2. The van der Waals surface area contributed by atoms with Gasteiger partial charge < -0.3 is 15.1 Å². The van der Waals surface area contributed by atoms with Gasteiger partial charge in [-0.1, -0.05) is 0 Å². The summed E-state index contributed by atoms with van der Waals surface area (Å²) >= 11 is 0. The van der Waals surface area contributed by atoms with Crippen molar-refractivity contribution < 1.29 is 4.79 Å². The highest BCUT2D eigenvalue weighted by Gasteiger charge is 2.05. The van der Waals surface area contributed by atoms with Gasteiger partial charge in [0, 0.05) is 13.6 Å². The molecule has 0 aromatic carbocycles. The molecule has 0 atom stereocenters. The van der Waals surface area contributed by atoms with Crippen molar-refractivity contribution in [3.05, 3.63) is 0 Å². The summed E-state index contributed by atoms with van der Waals surface area (Å²) < 4.78 is 0. The summed E-state index contributed by atoms with van der Waals surface area (Å²) in [5.41, 5.74) is 0. The van der Waals surface area contributed by atoms with Crippen LogP contribution in [0, 0.1) is 0 Å². The Bertz CT molecular complexity index is 148. The Hall–Kier alpha value is -0.610. The highest BCUT2D eigenvalue weighted by Crippen LogP contribution is 1.89. The molecule has 1 N–H and O–H groups in total. The first-order valence-electron chi connectivity index (χ1n) is 4.61. The van der Waals surface area contributed by atoms with E-state index >= 15 is 0 Å². The zero-order chi connectivity index (χ0) is 10.3. The highest BCUT2D eigenvalue weighted by molar-refractivity contribution is 5.77. The largest absolute Gasteiger partial charge is 0.345 e. The number of nitrogens with zero attached hydrogens (tertiary/aromatic N) is 2. The van der Waals surface area contributed by atoms with E-state index in [4.69, 9.17) is 0 Å². The quantitative estimate of drug-likeness (QED) is 0.615. The summed E-state index contributed by atoms with van der Waals surface area (Å²) in [6.07, 6.45) is 1.03. The van der Waals surface area contributed by atoms with Gasteiger partial charge in [-0.05, 0) is 34.1 Å². The van der Waals surface area contributed by atoms with E-state index in [0.29, 0.717) is 6.54 Å². The van der Waals surface area contributed by atoms with Crippen LogP contribution >= 0.6 is 0 Å². The van der Waals surface area contributed by atoms with Crippen molar-refractivity contribution in [3.63, 3.8) is 0 Å². The van der Waals surface area contributed by atoms with E-state index in [9.17, 15) is 4.79 Å². The van der Waals surface area contributed by atoms with Crippen molar-refractivity contribution in [3.8, 4) is 0 Å². The van der Waals surface area contributed by atoms with Gasteiger partial charge in [-0.2, -0.15) is 0 Å². The van der Waals surface area contributed by atoms with Crippen LogP contribution < -0.4 is 5.32 Å². The molecule has 13 heavy (non-hydrogen) atoms. The third-order valence-electron chi connectivity index (χ3n) is 1.85. The van der Waals surface area contributed by atoms with E-state index in [1.807, 2.05) is 21.1 Å². The maximum Gasteiger partial charge on any atom is 0.236 e. The van der Waals surface area contributed by atoms with Gasteiger partial charge in [0.15, 0.2) is 0 Å². The molecular formula is C9H21N3O. The van der Waals surface area contributed by atoms with Crippen molar-refractivity contribution in [1.82, 2.24) is 15.1 Å². The lowest BCUT2D eigenvalue weighted by molar-refractivity contribution is -0.128. The minimum atomic E-state index is 0.154. The van der Waals surface area contributed by atoms with E-state index < -0.39 is 0 Å². The first-order valence-corrected chi connectivity index (χ1v) is 4.61. The lowest BCUT2D eigenvalue weighted by Crippen LogP contribution is -2.35. The van der Waals surface area contributed by atoms with Crippen molar-refractivity contribution in [1.29, 1.82) is 0 Å². The Kier molecular flexibility index (Phi) is 6.54. The monoisotopic (exact) mass is 187 g/mol. The van der Waals surface area contributed by atoms with Crippen molar-refractivity contribution in [2.45, 2.75) is 6.42 Å². The Balaban J connectivity index is 3.49. The number of nitrogens with one attached hydrogen (secondary N) is 1. The predicted octanol–water partition coefficient (Wildman–Crippen LogP) is -0.384. The van der Waals surface area contributed by atoms with Crippen LogP contribution in [-0.4, -0.2) is 63.5 Å². The van der Waals surface area contributed by atoms with E-state index in [1.165, 1.54) is 0 Å². The first kappa shape index (κ1) is 12.4. The molecule has 4 nitrogen and oxygen atoms in total. The maximum atomic E-state index is 11.3. The molecule has 1 amide bonds. The molecule has 0 spiro atoms. The lowest BCUT2D eigenvalue weighted by atomic mass is 10.3. The second-order valence-electron chi connectivity index (χ2n) is 3.50. The van der Waals surface area contributed by atoms with Crippen LogP contribution in [0.5, 0.6) is 0 Å². The minimum Gasteiger partial charge on any atom is -0.345 e. The smallest absolute Gasteiger partial charge is 0.236 e. The summed E-state index contributed by atoms with van der Waals surface area (Å²) in [6.45, 7) is 2.29. The number of rotatable bonds is 6. The molecule has 4 heteroatoms.